The lowest BCUT2D eigenvalue weighted by atomic mass is 9.96. The number of hydrogen-bond donors (Lipinski definition) is 3. The minimum atomic E-state index is -4.03. The Morgan fingerprint density at radius 1 is 1.38 bits per heavy atom. The van der Waals surface area contributed by atoms with Crippen molar-refractivity contribution in [3.05, 3.63) is 24.0 Å². The molecule has 3 N–H and O–H groups in total. The van der Waals surface area contributed by atoms with E-state index in [0.717, 1.165) is 12.1 Å². The van der Waals surface area contributed by atoms with Crippen LogP contribution in [0.4, 0.5) is 10.1 Å². The van der Waals surface area contributed by atoms with Crippen LogP contribution >= 0.6 is 0 Å². The molecule has 1 amide bonds. The predicted molar refractivity (Wildman–Crippen MR) is 76.8 cm³/mol. The van der Waals surface area contributed by atoms with Crippen molar-refractivity contribution in [2.45, 2.75) is 25.7 Å². The maximum Gasteiger partial charge on any atom is 0.243 e. The van der Waals surface area contributed by atoms with Crippen LogP contribution in [0, 0.1) is 11.2 Å². The van der Waals surface area contributed by atoms with Gasteiger partial charge in [-0.2, -0.15) is 0 Å². The first-order chi connectivity index (χ1) is 9.57. The Morgan fingerprint density at radius 3 is 2.48 bits per heavy atom. The Bertz CT molecular complexity index is 629. The molecule has 0 saturated carbocycles. The summed E-state index contributed by atoms with van der Waals surface area (Å²) in [5, 5.41) is 11.4. The quantitative estimate of drug-likeness (QED) is 0.731. The van der Waals surface area contributed by atoms with E-state index in [4.69, 9.17) is 5.11 Å². The molecule has 0 atom stereocenters. The zero-order valence-corrected chi connectivity index (χ0v) is 12.9. The van der Waals surface area contributed by atoms with Crippen LogP contribution < -0.4 is 10.0 Å². The van der Waals surface area contributed by atoms with Gasteiger partial charge in [0.2, 0.25) is 15.9 Å². The molecule has 6 nitrogen and oxygen atoms in total. The van der Waals surface area contributed by atoms with Crippen molar-refractivity contribution < 1.29 is 22.7 Å². The van der Waals surface area contributed by atoms with Crippen LogP contribution in [0.15, 0.2) is 23.1 Å². The molecule has 0 bridgehead atoms. The number of rotatable bonds is 6. The van der Waals surface area contributed by atoms with E-state index in [1.165, 1.54) is 13.0 Å². The number of carbonyl (C=O) groups is 1. The van der Waals surface area contributed by atoms with Crippen molar-refractivity contribution in [3.8, 4) is 0 Å². The van der Waals surface area contributed by atoms with Crippen LogP contribution in [-0.4, -0.2) is 32.6 Å². The van der Waals surface area contributed by atoms with E-state index in [9.17, 15) is 17.6 Å². The third kappa shape index (κ3) is 5.07. The van der Waals surface area contributed by atoms with Gasteiger partial charge in [0.1, 0.15) is 10.7 Å². The number of sulfonamides is 1. The third-order valence-electron chi connectivity index (χ3n) is 2.71. The van der Waals surface area contributed by atoms with E-state index in [2.05, 4.69) is 10.0 Å². The van der Waals surface area contributed by atoms with Crippen molar-refractivity contribution >= 4 is 21.6 Å². The summed E-state index contributed by atoms with van der Waals surface area (Å²) >= 11 is 0. The molecule has 118 valence electrons. The molecule has 21 heavy (non-hydrogen) atoms. The monoisotopic (exact) mass is 318 g/mol. The van der Waals surface area contributed by atoms with Gasteiger partial charge in [-0.05, 0) is 18.2 Å². The SMILES string of the molecule is CC(=O)Nc1ccc(S(=O)(=O)NCC(C)(C)CO)c(F)c1. The van der Waals surface area contributed by atoms with Gasteiger partial charge in [0.05, 0.1) is 0 Å². The van der Waals surface area contributed by atoms with Gasteiger partial charge in [-0.15, -0.1) is 0 Å². The van der Waals surface area contributed by atoms with Crippen molar-refractivity contribution in [1.82, 2.24) is 4.72 Å². The molecular formula is C13H19FN2O4S. The molecule has 0 aliphatic rings. The Hall–Kier alpha value is -1.51. The molecule has 0 spiro atoms. The van der Waals surface area contributed by atoms with E-state index in [1.807, 2.05) is 0 Å². The second-order valence-electron chi connectivity index (χ2n) is 5.47. The van der Waals surface area contributed by atoms with Crippen molar-refractivity contribution in [2.24, 2.45) is 5.41 Å². The normalized spacial score (nSPS) is 12.2. The highest BCUT2D eigenvalue weighted by molar-refractivity contribution is 7.89. The predicted octanol–water partition coefficient (Wildman–Crippen LogP) is 1.08. The van der Waals surface area contributed by atoms with Gasteiger partial charge >= 0.3 is 0 Å². The highest BCUT2D eigenvalue weighted by atomic mass is 32.2. The number of hydrogen-bond acceptors (Lipinski definition) is 4. The van der Waals surface area contributed by atoms with Crippen molar-refractivity contribution in [2.75, 3.05) is 18.5 Å². The van der Waals surface area contributed by atoms with Crippen molar-refractivity contribution in [1.29, 1.82) is 0 Å². The van der Waals surface area contributed by atoms with Gasteiger partial charge < -0.3 is 10.4 Å². The van der Waals surface area contributed by atoms with Crippen LogP contribution in [0.25, 0.3) is 0 Å². The number of amides is 1. The van der Waals surface area contributed by atoms with Crippen LogP contribution in [0.1, 0.15) is 20.8 Å². The van der Waals surface area contributed by atoms with Crippen LogP contribution in [-0.2, 0) is 14.8 Å². The van der Waals surface area contributed by atoms with Gasteiger partial charge in [0, 0.05) is 31.2 Å². The number of halogens is 1. The first-order valence-electron chi connectivity index (χ1n) is 6.25. The second kappa shape index (κ2) is 6.50. The minimum Gasteiger partial charge on any atom is -0.396 e. The molecule has 8 heteroatoms. The number of anilines is 1. The van der Waals surface area contributed by atoms with E-state index in [-0.39, 0.29) is 24.7 Å². The molecule has 0 aromatic heterocycles. The van der Waals surface area contributed by atoms with Gasteiger partial charge in [0.25, 0.3) is 0 Å². The summed E-state index contributed by atoms with van der Waals surface area (Å²) in [4.78, 5) is 10.4. The van der Waals surface area contributed by atoms with Crippen molar-refractivity contribution in [3.63, 3.8) is 0 Å². The lowest BCUT2D eigenvalue weighted by Crippen LogP contribution is -2.36. The molecule has 0 radical (unpaired) electrons. The zero-order valence-electron chi connectivity index (χ0n) is 12.1. The summed E-state index contributed by atoms with van der Waals surface area (Å²) in [6.45, 7) is 4.37. The molecule has 0 aliphatic heterocycles. The molecule has 0 aliphatic carbocycles. The lowest BCUT2D eigenvalue weighted by molar-refractivity contribution is -0.114. The summed E-state index contributed by atoms with van der Waals surface area (Å²) < 4.78 is 40.2. The molecule has 1 aromatic rings. The number of aliphatic hydroxyl groups is 1. The fraction of sp³-hybridized carbons (Fsp3) is 0.462. The van der Waals surface area contributed by atoms with Crippen LogP contribution in [0.5, 0.6) is 0 Å². The Balaban J connectivity index is 2.96. The first-order valence-corrected chi connectivity index (χ1v) is 7.73. The number of benzene rings is 1. The average molecular weight is 318 g/mol. The standard InChI is InChI=1S/C13H19FN2O4S/c1-9(18)16-10-4-5-12(11(14)6-10)21(19,20)15-7-13(2,3)8-17/h4-6,15,17H,7-8H2,1-3H3,(H,16,18). The fourth-order valence-corrected chi connectivity index (χ4v) is 2.72. The topological polar surface area (TPSA) is 95.5 Å². The Kier molecular flexibility index (Phi) is 5.43. The summed E-state index contributed by atoms with van der Waals surface area (Å²) in [5.74, 6) is -1.34. The largest absolute Gasteiger partial charge is 0.396 e. The number of nitrogens with one attached hydrogen (secondary N) is 2. The lowest BCUT2D eigenvalue weighted by Gasteiger charge is -2.21. The molecule has 0 fully saturated rings. The summed E-state index contributed by atoms with van der Waals surface area (Å²) in [7, 11) is -4.03. The smallest absolute Gasteiger partial charge is 0.243 e. The van der Waals surface area contributed by atoms with Crippen LogP contribution in [0.3, 0.4) is 0 Å². The summed E-state index contributed by atoms with van der Waals surface area (Å²) in [6, 6.07) is 3.32. The molecular weight excluding hydrogens is 299 g/mol. The van der Waals surface area contributed by atoms with E-state index in [1.54, 1.807) is 13.8 Å². The molecule has 1 aromatic carbocycles. The summed E-state index contributed by atoms with van der Waals surface area (Å²) in [6.07, 6.45) is 0. The molecule has 0 unspecified atom stereocenters. The highest BCUT2D eigenvalue weighted by Gasteiger charge is 2.24. The Labute approximate surface area is 123 Å². The van der Waals surface area contributed by atoms with E-state index >= 15 is 0 Å². The van der Waals surface area contributed by atoms with E-state index in [0.29, 0.717) is 0 Å². The van der Waals surface area contributed by atoms with Gasteiger partial charge in [-0.3, -0.25) is 4.79 Å². The maximum absolute atomic E-state index is 13.9. The zero-order chi connectivity index (χ0) is 16.3. The molecule has 1 rings (SSSR count). The maximum atomic E-state index is 13.9. The third-order valence-corrected chi connectivity index (χ3v) is 4.15. The fourth-order valence-electron chi connectivity index (χ4n) is 1.42. The Morgan fingerprint density at radius 2 is 2.00 bits per heavy atom. The second-order valence-corrected chi connectivity index (χ2v) is 7.21. The number of carbonyl (C=O) groups excluding carboxylic acids is 1. The van der Waals surface area contributed by atoms with Crippen LogP contribution in [0.2, 0.25) is 0 Å². The first kappa shape index (κ1) is 17.5. The minimum absolute atomic E-state index is 0.0290. The van der Waals surface area contributed by atoms with Gasteiger partial charge in [0.15, 0.2) is 0 Å². The van der Waals surface area contributed by atoms with Gasteiger partial charge in [-0.1, -0.05) is 13.8 Å². The van der Waals surface area contributed by atoms with E-state index < -0.39 is 26.2 Å². The summed E-state index contributed by atoms with van der Waals surface area (Å²) in [5.41, 5.74) is -0.478. The average Bonchev–Trinajstić information content (AvgIpc) is 2.36. The molecule has 0 saturated heterocycles. The molecule has 0 heterocycles. The number of aliphatic hydroxyl groups excluding tert-OH is 1. The van der Waals surface area contributed by atoms with Gasteiger partial charge in [-0.25, -0.2) is 17.5 Å². The highest BCUT2D eigenvalue weighted by Crippen LogP contribution is 2.20.